The van der Waals surface area contributed by atoms with Crippen LogP contribution in [0.5, 0.6) is 0 Å². The van der Waals surface area contributed by atoms with E-state index in [1.54, 1.807) is 12.1 Å². The van der Waals surface area contributed by atoms with Crippen LogP contribution in [0.2, 0.25) is 0 Å². The average molecular weight is 341 g/mol. The highest BCUT2D eigenvalue weighted by Crippen LogP contribution is 2.43. The van der Waals surface area contributed by atoms with E-state index in [1.165, 1.54) is 19.1 Å². The molecule has 2 N–H and O–H groups in total. The Hall–Kier alpha value is -1.18. The Morgan fingerprint density at radius 1 is 1.32 bits per heavy atom. The lowest BCUT2D eigenvalue weighted by Gasteiger charge is -2.21. The second-order valence-corrected chi connectivity index (χ2v) is 7.51. The molecule has 7 heteroatoms. The lowest BCUT2D eigenvalue weighted by molar-refractivity contribution is -0.143. The molecule has 120 valence electrons. The fraction of sp³-hybridized carbons (Fsp3) is 0.467. The molecule has 0 bridgehead atoms. The van der Waals surface area contributed by atoms with Gasteiger partial charge in [0.1, 0.15) is 0 Å². The van der Waals surface area contributed by atoms with Gasteiger partial charge in [-0.25, -0.2) is 4.79 Å². The molecular weight excluding hydrogens is 322 g/mol. The fourth-order valence-electron chi connectivity index (χ4n) is 2.03. The molecule has 0 saturated carbocycles. The number of aliphatic hydroxyl groups excluding tert-OH is 1. The van der Waals surface area contributed by atoms with Gasteiger partial charge in [0.25, 0.3) is 5.91 Å². The van der Waals surface area contributed by atoms with E-state index in [0.29, 0.717) is 10.1 Å². The fourth-order valence-corrected chi connectivity index (χ4v) is 4.93. The number of amides is 1. The third kappa shape index (κ3) is 4.41. The van der Waals surface area contributed by atoms with Crippen LogP contribution in [0.4, 0.5) is 0 Å². The van der Waals surface area contributed by atoms with E-state index in [2.05, 4.69) is 10.1 Å². The van der Waals surface area contributed by atoms with Crippen LogP contribution in [0.3, 0.4) is 0 Å². The van der Waals surface area contributed by atoms with Crippen LogP contribution in [0.25, 0.3) is 0 Å². The minimum absolute atomic E-state index is 0.403. The van der Waals surface area contributed by atoms with Crippen molar-refractivity contribution >= 4 is 35.4 Å². The summed E-state index contributed by atoms with van der Waals surface area (Å²) in [4.78, 5) is 23.4. The predicted octanol–water partition coefficient (Wildman–Crippen LogP) is 1.82. The number of aliphatic hydroxyl groups is 1. The molecule has 0 radical (unpaired) electrons. The molecule has 2 rings (SSSR count). The molecule has 1 heterocycles. The zero-order valence-electron chi connectivity index (χ0n) is 12.3. The zero-order chi connectivity index (χ0) is 15.9. The summed E-state index contributed by atoms with van der Waals surface area (Å²) in [5, 5.41) is 11.6. The van der Waals surface area contributed by atoms with E-state index >= 15 is 0 Å². The number of carbonyl (C=O) groups excluding carboxylic acids is 2. The normalized spacial score (nSPS) is 16.8. The number of nitrogens with one attached hydrogen (secondary N) is 1. The highest BCUT2D eigenvalue weighted by Gasteiger charge is 2.21. The van der Waals surface area contributed by atoms with E-state index < -0.39 is 24.5 Å². The van der Waals surface area contributed by atoms with E-state index in [4.69, 9.17) is 5.11 Å². The monoisotopic (exact) mass is 341 g/mol. The Balaban J connectivity index is 1.99. The van der Waals surface area contributed by atoms with E-state index in [-0.39, 0.29) is 0 Å². The lowest BCUT2D eigenvalue weighted by Crippen LogP contribution is -2.44. The molecule has 1 aromatic carbocycles. The first-order chi connectivity index (χ1) is 10.7. The van der Waals surface area contributed by atoms with Gasteiger partial charge in [-0.3, -0.25) is 4.79 Å². The molecule has 22 heavy (non-hydrogen) atoms. The highest BCUT2D eigenvalue weighted by molar-refractivity contribution is 8.16. The quantitative estimate of drug-likeness (QED) is 0.796. The molecule has 1 saturated heterocycles. The minimum Gasteiger partial charge on any atom is -0.467 e. The molecule has 0 spiro atoms. The molecule has 1 amide bonds. The Morgan fingerprint density at radius 3 is 2.50 bits per heavy atom. The molecule has 1 aliphatic rings. The third-order valence-electron chi connectivity index (χ3n) is 3.25. The molecule has 1 atom stereocenters. The average Bonchev–Trinajstić information content (AvgIpc) is 2.59. The number of rotatable bonds is 5. The van der Waals surface area contributed by atoms with E-state index in [0.717, 1.165) is 11.5 Å². The maximum Gasteiger partial charge on any atom is 0.330 e. The summed E-state index contributed by atoms with van der Waals surface area (Å²) in [5.74, 6) is 1.26. The van der Waals surface area contributed by atoms with E-state index in [9.17, 15) is 9.59 Å². The molecule has 1 aliphatic heterocycles. The van der Waals surface area contributed by atoms with Gasteiger partial charge in [0.2, 0.25) is 0 Å². The standard InChI is InChI=1S/C15H19NO4S2/c1-20-14(19)12(9-17)16-13(18)10-3-5-11(6-4-10)15-21-7-2-8-22-15/h3-6,12,15,17H,2,7-9H2,1H3,(H,16,18)/t12-/m0/s1. The van der Waals surface area contributed by atoms with Crippen LogP contribution in [0, 0.1) is 0 Å². The van der Waals surface area contributed by atoms with Gasteiger partial charge in [0.15, 0.2) is 6.04 Å². The summed E-state index contributed by atoms with van der Waals surface area (Å²) < 4.78 is 4.94. The summed E-state index contributed by atoms with van der Waals surface area (Å²) in [6.07, 6.45) is 1.24. The van der Waals surface area contributed by atoms with Gasteiger partial charge < -0.3 is 15.2 Å². The van der Waals surface area contributed by atoms with Crippen molar-refractivity contribution in [1.29, 1.82) is 0 Å². The number of carbonyl (C=O) groups is 2. The van der Waals surface area contributed by atoms with Crippen molar-refractivity contribution < 1.29 is 19.4 Å². The van der Waals surface area contributed by atoms with Gasteiger partial charge in [0, 0.05) is 5.56 Å². The summed E-state index contributed by atoms with van der Waals surface area (Å²) in [5.41, 5.74) is 1.65. The second-order valence-electron chi connectivity index (χ2n) is 4.78. The Morgan fingerprint density at radius 2 is 1.95 bits per heavy atom. The molecule has 0 aliphatic carbocycles. The topological polar surface area (TPSA) is 75.6 Å². The molecular formula is C15H19NO4S2. The summed E-state index contributed by atoms with van der Waals surface area (Å²) in [7, 11) is 1.21. The summed E-state index contributed by atoms with van der Waals surface area (Å²) in [6, 6.07) is 6.33. The van der Waals surface area contributed by atoms with Gasteiger partial charge in [-0.2, -0.15) is 0 Å². The van der Waals surface area contributed by atoms with Crippen molar-refractivity contribution in [2.45, 2.75) is 17.0 Å². The first-order valence-electron chi connectivity index (χ1n) is 6.98. The van der Waals surface area contributed by atoms with Crippen molar-refractivity contribution in [1.82, 2.24) is 5.32 Å². The van der Waals surface area contributed by atoms with Gasteiger partial charge >= 0.3 is 5.97 Å². The van der Waals surface area contributed by atoms with E-state index in [1.807, 2.05) is 35.7 Å². The maximum atomic E-state index is 12.1. The largest absolute Gasteiger partial charge is 0.467 e. The van der Waals surface area contributed by atoms with Crippen molar-refractivity contribution in [2.24, 2.45) is 0 Å². The number of ether oxygens (including phenoxy) is 1. The first kappa shape index (κ1) is 17.2. The lowest BCUT2D eigenvalue weighted by atomic mass is 10.1. The van der Waals surface area contributed by atoms with Crippen LogP contribution >= 0.6 is 23.5 Å². The zero-order valence-corrected chi connectivity index (χ0v) is 13.9. The van der Waals surface area contributed by atoms with Crippen LogP contribution in [0.1, 0.15) is 26.9 Å². The Kier molecular flexibility index (Phi) is 6.60. The number of hydrogen-bond acceptors (Lipinski definition) is 6. The smallest absolute Gasteiger partial charge is 0.330 e. The van der Waals surface area contributed by atoms with Crippen molar-refractivity contribution in [2.75, 3.05) is 25.2 Å². The first-order valence-corrected chi connectivity index (χ1v) is 9.08. The second kappa shape index (κ2) is 8.45. The predicted molar refractivity (Wildman–Crippen MR) is 89.1 cm³/mol. The van der Waals surface area contributed by atoms with Gasteiger partial charge in [-0.15, -0.1) is 23.5 Å². The molecule has 1 fully saturated rings. The van der Waals surface area contributed by atoms with Gasteiger partial charge in [-0.05, 0) is 35.6 Å². The number of esters is 1. The summed E-state index contributed by atoms with van der Waals surface area (Å²) in [6.45, 7) is -0.494. The Bertz CT molecular complexity index is 515. The maximum absolute atomic E-state index is 12.1. The number of methoxy groups -OCH3 is 1. The van der Waals surface area contributed by atoms with Crippen LogP contribution in [-0.2, 0) is 9.53 Å². The molecule has 1 aromatic rings. The van der Waals surface area contributed by atoms with Gasteiger partial charge in [0.05, 0.1) is 18.3 Å². The molecule has 0 unspecified atom stereocenters. The number of hydrogen-bond donors (Lipinski definition) is 2. The highest BCUT2D eigenvalue weighted by atomic mass is 32.2. The Labute approximate surface area is 138 Å². The van der Waals surface area contributed by atoms with Crippen molar-refractivity contribution in [3.8, 4) is 0 Å². The van der Waals surface area contributed by atoms with Crippen LogP contribution in [-0.4, -0.2) is 48.2 Å². The number of benzene rings is 1. The molecule has 5 nitrogen and oxygen atoms in total. The van der Waals surface area contributed by atoms with Crippen LogP contribution in [0.15, 0.2) is 24.3 Å². The minimum atomic E-state index is -1.04. The van der Waals surface area contributed by atoms with Crippen molar-refractivity contribution in [3.63, 3.8) is 0 Å². The SMILES string of the molecule is COC(=O)[C@H](CO)NC(=O)c1ccc(C2SCCCS2)cc1. The molecule has 0 aromatic heterocycles. The van der Waals surface area contributed by atoms with Crippen molar-refractivity contribution in [3.05, 3.63) is 35.4 Å². The third-order valence-corrected chi connectivity index (χ3v) is 6.26. The summed E-state index contributed by atoms with van der Waals surface area (Å²) >= 11 is 3.84. The van der Waals surface area contributed by atoms with Crippen LogP contribution < -0.4 is 5.32 Å². The van der Waals surface area contributed by atoms with Gasteiger partial charge in [-0.1, -0.05) is 12.1 Å². The number of thioether (sulfide) groups is 2.